The van der Waals surface area contributed by atoms with Gasteiger partial charge in [-0.2, -0.15) is 0 Å². The van der Waals surface area contributed by atoms with Crippen LogP contribution < -0.4 is 5.32 Å². The number of fused-ring (bicyclic) bond motifs is 1. The molecule has 0 aliphatic rings. The Morgan fingerprint density at radius 2 is 1.91 bits per heavy atom. The van der Waals surface area contributed by atoms with E-state index < -0.39 is 12.1 Å². The Kier molecular flexibility index (Phi) is 5.05. The third kappa shape index (κ3) is 3.91. The molecule has 0 aliphatic carbocycles. The third-order valence-electron chi connectivity index (χ3n) is 3.38. The Bertz CT molecular complexity index is 771. The van der Waals surface area contributed by atoms with E-state index in [2.05, 4.69) is 21.9 Å². The average Bonchev–Trinajstić information content (AvgIpc) is 2.53. The predicted molar refractivity (Wildman–Crippen MR) is 87.1 cm³/mol. The zero-order valence-corrected chi connectivity index (χ0v) is 13.4. The molecule has 0 radical (unpaired) electrons. The largest absolute Gasteiger partial charge is 0.449 e. The van der Waals surface area contributed by atoms with Gasteiger partial charge >= 0.3 is 5.97 Å². The lowest BCUT2D eigenvalue weighted by molar-refractivity contribution is -0.128. The molecule has 1 unspecified atom stereocenters. The second-order valence-electron chi connectivity index (χ2n) is 5.18. The number of benzene rings is 1. The van der Waals surface area contributed by atoms with Gasteiger partial charge in [0.1, 0.15) is 0 Å². The van der Waals surface area contributed by atoms with Gasteiger partial charge in [0, 0.05) is 6.54 Å². The highest BCUT2D eigenvalue weighted by Gasteiger charge is 2.18. The molecule has 0 fully saturated rings. The van der Waals surface area contributed by atoms with E-state index in [9.17, 15) is 9.59 Å². The second kappa shape index (κ2) is 7.00. The molecule has 1 heterocycles. The summed E-state index contributed by atoms with van der Waals surface area (Å²) in [6.07, 6.45) is 0.669. The van der Waals surface area contributed by atoms with Crippen LogP contribution in [0.4, 0.5) is 0 Å². The molecule has 0 spiro atoms. The van der Waals surface area contributed by atoms with Crippen LogP contribution in [0.25, 0.3) is 11.0 Å². The number of nitrogens with zero attached hydrogens (tertiary/aromatic N) is 2. The van der Waals surface area contributed by atoms with Gasteiger partial charge in [-0.05, 0) is 39.0 Å². The van der Waals surface area contributed by atoms with Gasteiger partial charge in [-0.25, -0.2) is 14.8 Å². The summed E-state index contributed by atoms with van der Waals surface area (Å²) in [7, 11) is 0. The molecule has 2 rings (SSSR count). The van der Waals surface area contributed by atoms with Crippen LogP contribution in [-0.4, -0.2) is 34.5 Å². The molecule has 2 aromatic rings. The molecule has 120 valence electrons. The fraction of sp³-hybridized carbons (Fsp3) is 0.294. The first kappa shape index (κ1) is 16.6. The van der Waals surface area contributed by atoms with Crippen molar-refractivity contribution in [2.75, 3.05) is 6.54 Å². The number of nitrogens with one attached hydrogen (secondary N) is 1. The van der Waals surface area contributed by atoms with Gasteiger partial charge in [0.25, 0.3) is 5.91 Å². The summed E-state index contributed by atoms with van der Waals surface area (Å²) in [5.41, 5.74) is 3.31. The van der Waals surface area contributed by atoms with Crippen LogP contribution in [0.15, 0.2) is 30.9 Å². The van der Waals surface area contributed by atoms with Gasteiger partial charge in [0.2, 0.25) is 0 Å². The number of aryl methyl sites for hydroxylation is 2. The van der Waals surface area contributed by atoms with E-state index in [4.69, 9.17) is 4.74 Å². The molecule has 1 amide bonds. The molecule has 0 aliphatic heterocycles. The van der Waals surface area contributed by atoms with Gasteiger partial charge in [-0.15, -0.1) is 6.58 Å². The maximum absolute atomic E-state index is 12.2. The molecule has 0 bridgehead atoms. The number of aromatic nitrogens is 2. The van der Waals surface area contributed by atoms with Crippen LogP contribution in [0, 0.1) is 13.8 Å². The van der Waals surface area contributed by atoms with Crippen LogP contribution >= 0.6 is 0 Å². The van der Waals surface area contributed by atoms with Crippen LogP contribution in [0.1, 0.15) is 28.7 Å². The van der Waals surface area contributed by atoms with Crippen molar-refractivity contribution >= 4 is 22.9 Å². The van der Waals surface area contributed by atoms with Crippen molar-refractivity contribution in [3.8, 4) is 0 Å². The normalized spacial score (nSPS) is 11.8. The number of hydrogen-bond donors (Lipinski definition) is 1. The zero-order valence-electron chi connectivity index (χ0n) is 13.4. The van der Waals surface area contributed by atoms with Gasteiger partial charge in [-0.3, -0.25) is 4.79 Å². The lowest BCUT2D eigenvalue weighted by atomic mass is 10.2. The number of rotatable bonds is 5. The maximum atomic E-state index is 12.2. The Labute approximate surface area is 134 Å². The quantitative estimate of drug-likeness (QED) is 0.675. The Balaban J connectivity index is 2.16. The van der Waals surface area contributed by atoms with Crippen LogP contribution in [0.2, 0.25) is 0 Å². The van der Waals surface area contributed by atoms with Crippen LogP contribution in [0.5, 0.6) is 0 Å². The highest BCUT2D eigenvalue weighted by Crippen LogP contribution is 2.15. The lowest BCUT2D eigenvalue weighted by Gasteiger charge is -2.13. The van der Waals surface area contributed by atoms with Gasteiger partial charge in [-0.1, -0.05) is 6.08 Å². The number of carbonyl (C=O) groups excluding carboxylic acids is 2. The highest BCUT2D eigenvalue weighted by molar-refractivity contribution is 5.95. The fourth-order valence-electron chi connectivity index (χ4n) is 1.96. The van der Waals surface area contributed by atoms with E-state index in [-0.39, 0.29) is 5.91 Å². The molecule has 1 aromatic heterocycles. The van der Waals surface area contributed by atoms with E-state index in [1.54, 1.807) is 24.3 Å². The van der Waals surface area contributed by atoms with Crippen molar-refractivity contribution in [1.82, 2.24) is 15.3 Å². The Hall–Kier alpha value is -2.76. The standard InChI is InChI=1S/C17H19N3O3/c1-5-8-18-16(21)12(4)23-17(22)13-6-7-14-15(9-13)20-11(3)10(2)19-14/h5-7,9,12H,1,8H2,2-4H3,(H,18,21). The van der Waals surface area contributed by atoms with Crippen molar-refractivity contribution in [3.63, 3.8) is 0 Å². The number of amides is 1. The van der Waals surface area contributed by atoms with E-state index >= 15 is 0 Å². The van der Waals surface area contributed by atoms with Crippen LogP contribution in [-0.2, 0) is 9.53 Å². The van der Waals surface area contributed by atoms with E-state index in [0.717, 1.165) is 11.4 Å². The SMILES string of the molecule is C=CCNC(=O)C(C)OC(=O)c1ccc2nc(C)c(C)nc2c1. The van der Waals surface area contributed by atoms with E-state index in [1.807, 2.05) is 13.8 Å². The number of ether oxygens (including phenoxy) is 1. The van der Waals surface area contributed by atoms with Gasteiger partial charge < -0.3 is 10.1 Å². The predicted octanol–water partition coefficient (Wildman–Crippen LogP) is 2.09. The summed E-state index contributed by atoms with van der Waals surface area (Å²) >= 11 is 0. The minimum atomic E-state index is -0.885. The maximum Gasteiger partial charge on any atom is 0.338 e. The summed E-state index contributed by atoms with van der Waals surface area (Å²) in [4.78, 5) is 32.7. The summed E-state index contributed by atoms with van der Waals surface area (Å²) < 4.78 is 5.16. The molecule has 23 heavy (non-hydrogen) atoms. The molecular formula is C17H19N3O3. The van der Waals surface area contributed by atoms with Crippen molar-refractivity contribution < 1.29 is 14.3 Å². The van der Waals surface area contributed by atoms with E-state index in [1.165, 1.54) is 6.92 Å². The number of carbonyl (C=O) groups is 2. The van der Waals surface area contributed by atoms with Crippen molar-refractivity contribution in [1.29, 1.82) is 0 Å². The Morgan fingerprint density at radius 1 is 1.26 bits per heavy atom. The molecular weight excluding hydrogens is 294 g/mol. The molecule has 0 saturated carbocycles. The third-order valence-corrected chi connectivity index (χ3v) is 3.38. The van der Waals surface area contributed by atoms with Crippen LogP contribution in [0.3, 0.4) is 0 Å². The minimum Gasteiger partial charge on any atom is -0.449 e. The molecule has 6 nitrogen and oxygen atoms in total. The first-order chi connectivity index (χ1) is 10.9. The summed E-state index contributed by atoms with van der Waals surface area (Å²) in [5.74, 6) is -0.946. The van der Waals surface area contributed by atoms with Crippen molar-refractivity contribution in [2.24, 2.45) is 0 Å². The monoisotopic (exact) mass is 313 g/mol. The molecule has 6 heteroatoms. The first-order valence-electron chi connectivity index (χ1n) is 7.27. The zero-order chi connectivity index (χ0) is 17.0. The van der Waals surface area contributed by atoms with Crippen molar-refractivity contribution in [3.05, 3.63) is 47.8 Å². The number of hydrogen-bond acceptors (Lipinski definition) is 5. The summed E-state index contributed by atoms with van der Waals surface area (Å²) in [6, 6.07) is 4.95. The Morgan fingerprint density at radius 3 is 2.57 bits per heavy atom. The first-order valence-corrected chi connectivity index (χ1v) is 7.27. The van der Waals surface area contributed by atoms with Gasteiger partial charge in [0.05, 0.1) is 28.0 Å². The van der Waals surface area contributed by atoms with Gasteiger partial charge in [0.15, 0.2) is 6.10 Å². The topological polar surface area (TPSA) is 81.2 Å². The van der Waals surface area contributed by atoms with E-state index in [0.29, 0.717) is 23.1 Å². The molecule has 1 atom stereocenters. The molecule has 1 N–H and O–H groups in total. The van der Waals surface area contributed by atoms with Crippen molar-refractivity contribution in [2.45, 2.75) is 26.9 Å². The summed E-state index contributed by atoms with van der Waals surface area (Å²) in [6.45, 7) is 9.09. The fourth-order valence-corrected chi connectivity index (χ4v) is 1.96. The lowest BCUT2D eigenvalue weighted by Crippen LogP contribution is -2.35. The molecule has 0 saturated heterocycles. The summed E-state index contributed by atoms with van der Waals surface area (Å²) in [5, 5.41) is 2.58. The second-order valence-corrected chi connectivity index (χ2v) is 5.18. The molecule has 1 aromatic carbocycles. The minimum absolute atomic E-state index is 0.324. The smallest absolute Gasteiger partial charge is 0.338 e. The average molecular weight is 313 g/mol. The highest BCUT2D eigenvalue weighted by atomic mass is 16.5. The number of esters is 1.